The monoisotopic (exact) mass is 137 g/mol. The van der Waals surface area contributed by atoms with Gasteiger partial charge < -0.3 is 5.11 Å². The average molecular weight is 137 g/mol. The SMILES string of the molecule is CC1(O)C=CC=CC1[C]=O. The molecule has 0 heterocycles. The van der Waals surface area contributed by atoms with Crippen LogP contribution in [0.1, 0.15) is 6.92 Å². The summed E-state index contributed by atoms with van der Waals surface area (Å²) < 4.78 is 0. The van der Waals surface area contributed by atoms with Gasteiger partial charge in [-0.05, 0) is 6.92 Å². The van der Waals surface area contributed by atoms with Crippen LogP contribution in [0, 0.1) is 5.92 Å². The van der Waals surface area contributed by atoms with Crippen molar-refractivity contribution >= 4 is 6.29 Å². The van der Waals surface area contributed by atoms with Gasteiger partial charge in [-0.25, -0.2) is 0 Å². The highest BCUT2D eigenvalue weighted by atomic mass is 16.3. The highest BCUT2D eigenvalue weighted by molar-refractivity contribution is 5.61. The Morgan fingerprint density at radius 2 is 2.30 bits per heavy atom. The molecule has 0 saturated carbocycles. The third kappa shape index (κ3) is 1.16. The van der Waals surface area contributed by atoms with Gasteiger partial charge in [0.25, 0.3) is 0 Å². The number of rotatable bonds is 1. The summed E-state index contributed by atoms with van der Waals surface area (Å²) in [7, 11) is 0. The summed E-state index contributed by atoms with van der Waals surface area (Å²) in [5.41, 5.74) is -1.05. The Hall–Kier alpha value is -0.890. The van der Waals surface area contributed by atoms with Crippen LogP contribution in [-0.2, 0) is 4.79 Å². The van der Waals surface area contributed by atoms with Crippen molar-refractivity contribution in [1.82, 2.24) is 0 Å². The summed E-state index contributed by atoms with van der Waals surface area (Å²) >= 11 is 0. The fourth-order valence-electron chi connectivity index (χ4n) is 0.883. The maximum Gasteiger partial charge on any atom is 0.209 e. The van der Waals surface area contributed by atoms with E-state index in [-0.39, 0.29) is 0 Å². The standard InChI is InChI=1S/C8H9O2/c1-8(10)5-3-2-4-7(8)6-9/h2-5,7,10H,1H3. The number of allylic oxidation sites excluding steroid dienone is 2. The topological polar surface area (TPSA) is 37.3 Å². The Morgan fingerprint density at radius 1 is 1.60 bits per heavy atom. The maximum absolute atomic E-state index is 10.2. The van der Waals surface area contributed by atoms with Crippen LogP contribution in [-0.4, -0.2) is 17.0 Å². The molecule has 0 amide bonds. The quantitative estimate of drug-likeness (QED) is 0.574. The molecule has 0 saturated heterocycles. The van der Waals surface area contributed by atoms with Crippen LogP contribution in [0.25, 0.3) is 0 Å². The molecule has 10 heavy (non-hydrogen) atoms. The van der Waals surface area contributed by atoms with Crippen LogP contribution in [0.15, 0.2) is 24.3 Å². The van der Waals surface area contributed by atoms with E-state index in [1.54, 1.807) is 37.5 Å². The lowest BCUT2D eigenvalue weighted by Gasteiger charge is -2.24. The van der Waals surface area contributed by atoms with E-state index in [0.29, 0.717) is 0 Å². The Labute approximate surface area is 59.9 Å². The normalized spacial score (nSPS) is 38.0. The zero-order chi connectivity index (χ0) is 7.61. The van der Waals surface area contributed by atoms with E-state index in [9.17, 15) is 9.90 Å². The molecule has 0 aliphatic heterocycles. The largest absolute Gasteiger partial charge is 0.385 e. The van der Waals surface area contributed by atoms with Gasteiger partial charge in [-0.2, -0.15) is 0 Å². The van der Waals surface area contributed by atoms with Crippen molar-refractivity contribution in [1.29, 1.82) is 0 Å². The van der Waals surface area contributed by atoms with E-state index in [0.717, 1.165) is 0 Å². The molecule has 1 radical (unpaired) electrons. The van der Waals surface area contributed by atoms with E-state index in [2.05, 4.69) is 0 Å². The summed E-state index contributed by atoms with van der Waals surface area (Å²) in [4.78, 5) is 10.2. The molecule has 2 unspecified atom stereocenters. The highest BCUT2D eigenvalue weighted by Crippen LogP contribution is 2.21. The van der Waals surface area contributed by atoms with Crippen LogP contribution in [0.5, 0.6) is 0 Å². The molecular formula is C8H9O2. The van der Waals surface area contributed by atoms with Crippen molar-refractivity contribution in [3.8, 4) is 0 Å². The Morgan fingerprint density at radius 3 is 2.70 bits per heavy atom. The molecule has 1 rings (SSSR count). The summed E-state index contributed by atoms with van der Waals surface area (Å²) in [6.45, 7) is 1.59. The van der Waals surface area contributed by atoms with Gasteiger partial charge in [-0.3, -0.25) is 4.79 Å². The van der Waals surface area contributed by atoms with Crippen molar-refractivity contribution in [2.24, 2.45) is 5.92 Å². The summed E-state index contributed by atoms with van der Waals surface area (Å²) in [6, 6.07) is 0. The first-order valence-corrected chi connectivity index (χ1v) is 3.13. The third-order valence-corrected chi connectivity index (χ3v) is 1.60. The van der Waals surface area contributed by atoms with Gasteiger partial charge in [0.1, 0.15) is 0 Å². The van der Waals surface area contributed by atoms with E-state index >= 15 is 0 Å². The Kier molecular flexibility index (Phi) is 1.72. The predicted octanol–water partition coefficient (Wildman–Crippen LogP) is 0.589. The number of aliphatic hydroxyl groups is 1. The molecule has 0 fully saturated rings. The van der Waals surface area contributed by atoms with Crippen LogP contribution in [0.4, 0.5) is 0 Å². The summed E-state index contributed by atoms with van der Waals surface area (Å²) in [6.07, 6.45) is 8.42. The molecule has 0 aromatic rings. The van der Waals surface area contributed by atoms with Gasteiger partial charge >= 0.3 is 0 Å². The Balaban J connectivity index is 2.84. The molecular weight excluding hydrogens is 128 g/mol. The smallest absolute Gasteiger partial charge is 0.209 e. The van der Waals surface area contributed by atoms with Crippen LogP contribution < -0.4 is 0 Å². The number of carbonyl (C=O) groups excluding carboxylic acids is 1. The van der Waals surface area contributed by atoms with E-state index in [4.69, 9.17) is 0 Å². The molecule has 0 spiro atoms. The van der Waals surface area contributed by atoms with Crippen LogP contribution in [0.2, 0.25) is 0 Å². The van der Waals surface area contributed by atoms with Gasteiger partial charge in [0, 0.05) is 0 Å². The molecule has 0 bridgehead atoms. The van der Waals surface area contributed by atoms with Crippen LogP contribution in [0.3, 0.4) is 0 Å². The van der Waals surface area contributed by atoms with Crippen molar-refractivity contribution in [3.63, 3.8) is 0 Å². The second-order valence-electron chi connectivity index (χ2n) is 2.57. The van der Waals surface area contributed by atoms with Gasteiger partial charge in [0.15, 0.2) is 0 Å². The zero-order valence-corrected chi connectivity index (χ0v) is 5.74. The van der Waals surface area contributed by atoms with Gasteiger partial charge in [0.2, 0.25) is 6.29 Å². The second kappa shape index (κ2) is 2.39. The van der Waals surface area contributed by atoms with E-state index < -0.39 is 11.5 Å². The van der Waals surface area contributed by atoms with E-state index in [1.165, 1.54) is 0 Å². The molecule has 2 nitrogen and oxygen atoms in total. The molecule has 0 aromatic carbocycles. The predicted molar refractivity (Wildman–Crippen MR) is 38.1 cm³/mol. The lowest BCUT2D eigenvalue weighted by atomic mass is 9.87. The molecule has 2 heteroatoms. The molecule has 2 atom stereocenters. The molecule has 0 aromatic heterocycles. The van der Waals surface area contributed by atoms with E-state index in [1.807, 2.05) is 0 Å². The summed E-state index contributed by atoms with van der Waals surface area (Å²) in [5.74, 6) is -0.516. The third-order valence-electron chi connectivity index (χ3n) is 1.60. The van der Waals surface area contributed by atoms with Crippen molar-refractivity contribution in [2.45, 2.75) is 12.5 Å². The van der Waals surface area contributed by atoms with Gasteiger partial charge in [-0.1, -0.05) is 24.3 Å². The first kappa shape index (κ1) is 7.22. The molecule has 1 aliphatic carbocycles. The Bertz CT molecular complexity index is 189. The minimum atomic E-state index is -1.05. The highest BCUT2D eigenvalue weighted by Gasteiger charge is 2.28. The summed E-state index contributed by atoms with van der Waals surface area (Å²) in [5, 5.41) is 9.43. The van der Waals surface area contributed by atoms with Crippen molar-refractivity contribution in [3.05, 3.63) is 24.3 Å². The first-order valence-electron chi connectivity index (χ1n) is 3.13. The molecule has 53 valence electrons. The lowest BCUT2D eigenvalue weighted by Crippen LogP contribution is -2.33. The minimum Gasteiger partial charge on any atom is -0.385 e. The minimum absolute atomic E-state index is 0.516. The lowest BCUT2D eigenvalue weighted by molar-refractivity contribution is 0.0896. The second-order valence-corrected chi connectivity index (χ2v) is 2.57. The number of hydrogen-bond acceptors (Lipinski definition) is 2. The van der Waals surface area contributed by atoms with Crippen LogP contribution >= 0.6 is 0 Å². The molecule has 1 N–H and O–H groups in total. The average Bonchev–Trinajstić information content (AvgIpc) is 1.87. The maximum atomic E-state index is 10.2. The van der Waals surface area contributed by atoms with Gasteiger partial charge in [-0.15, -0.1) is 0 Å². The van der Waals surface area contributed by atoms with Gasteiger partial charge in [0.05, 0.1) is 11.5 Å². The number of hydrogen-bond donors (Lipinski definition) is 1. The fraction of sp³-hybridized carbons (Fsp3) is 0.375. The zero-order valence-electron chi connectivity index (χ0n) is 5.74. The van der Waals surface area contributed by atoms with Crippen molar-refractivity contribution in [2.75, 3.05) is 0 Å². The first-order chi connectivity index (χ1) is 4.67. The molecule has 1 aliphatic rings. The van der Waals surface area contributed by atoms with Crippen molar-refractivity contribution < 1.29 is 9.90 Å². The fourth-order valence-corrected chi connectivity index (χ4v) is 0.883.